The van der Waals surface area contributed by atoms with E-state index in [1.165, 1.54) is 12.8 Å². The topological polar surface area (TPSA) is 0 Å². The number of hydrogen-bond donors (Lipinski definition) is 0. The first-order valence-electron chi connectivity index (χ1n) is 3.68. The van der Waals surface area contributed by atoms with E-state index in [2.05, 4.69) is 26.7 Å². The maximum absolute atomic E-state index is 5.31. The van der Waals surface area contributed by atoms with Gasteiger partial charge in [0, 0.05) is 5.92 Å². The quantitative estimate of drug-likeness (QED) is 0.507. The normalized spacial score (nSPS) is 13.2. The summed E-state index contributed by atoms with van der Waals surface area (Å²) in [6.45, 7) is 6.53. The molecular weight excluding hydrogens is 108 g/mol. The van der Waals surface area contributed by atoms with Crippen molar-refractivity contribution >= 4 is 0 Å². The van der Waals surface area contributed by atoms with E-state index >= 15 is 0 Å². The molecule has 0 fully saturated rings. The Morgan fingerprint density at radius 3 is 2.11 bits per heavy atom. The van der Waals surface area contributed by atoms with Gasteiger partial charge in [0.25, 0.3) is 0 Å². The average Bonchev–Trinajstić information content (AvgIpc) is 1.82. The second-order valence-electron chi connectivity index (χ2n) is 2.81. The second kappa shape index (κ2) is 4.44. The predicted octanol–water partition coefficient (Wildman–Crippen LogP) is 2.69. The fraction of sp³-hybridized carbons (Fsp3) is 0.778. The highest BCUT2D eigenvalue weighted by Crippen LogP contribution is 2.14. The van der Waals surface area contributed by atoms with Gasteiger partial charge in [-0.05, 0) is 12.3 Å². The van der Waals surface area contributed by atoms with Crippen molar-refractivity contribution in [3.63, 3.8) is 0 Å². The smallest absolute Gasteiger partial charge is 0.0223 e. The van der Waals surface area contributed by atoms with Crippen LogP contribution in [0.1, 0.15) is 33.6 Å². The molecule has 0 heteroatoms. The summed E-state index contributed by atoms with van der Waals surface area (Å²) in [5, 5.41) is 0. The summed E-state index contributed by atoms with van der Waals surface area (Å²) in [4.78, 5) is 0. The lowest BCUT2D eigenvalue weighted by atomic mass is 9.92. The van der Waals surface area contributed by atoms with Crippen LogP contribution in [0.15, 0.2) is 0 Å². The zero-order chi connectivity index (χ0) is 7.28. The van der Waals surface area contributed by atoms with Crippen LogP contribution in [0.3, 0.4) is 0 Å². The first-order valence-corrected chi connectivity index (χ1v) is 3.68. The van der Waals surface area contributed by atoms with Gasteiger partial charge in [-0.1, -0.05) is 27.2 Å². The van der Waals surface area contributed by atoms with Crippen molar-refractivity contribution in [3.8, 4) is 12.3 Å². The Kier molecular flexibility index (Phi) is 4.22. The molecule has 0 aromatic rings. The standard InChI is InChI=1S/C9H16/c1-5-7-9(6-2)8(3)4/h2,8-9H,5,7H2,1,3-4H3. The van der Waals surface area contributed by atoms with Crippen LogP contribution in [0.4, 0.5) is 0 Å². The molecule has 0 nitrogen and oxygen atoms in total. The Bertz CT molecular complexity index is 95.1. The molecule has 0 rings (SSSR count). The van der Waals surface area contributed by atoms with Gasteiger partial charge < -0.3 is 0 Å². The molecule has 1 unspecified atom stereocenters. The van der Waals surface area contributed by atoms with Gasteiger partial charge >= 0.3 is 0 Å². The maximum Gasteiger partial charge on any atom is 0.0223 e. The third-order valence-corrected chi connectivity index (χ3v) is 1.62. The van der Waals surface area contributed by atoms with Gasteiger partial charge in [0.2, 0.25) is 0 Å². The molecule has 0 saturated heterocycles. The van der Waals surface area contributed by atoms with E-state index in [9.17, 15) is 0 Å². The van der Waals surface area contributed by atoms with Gasteiger partial charge in [-0.3, -0.25) is 0 Å². The Morgan fingerprint density at radius 2 is 2.00 bits per heavy atom. The molecule has 0 radical (unpaired) electrons. The van der Waals surface area contributed by atoms with Crippen molar-refractivity contribution in [2.24, 2.45) is 11.8 Å². The first kappa shape index (κ1) is 8.56. The van der Waals surface area contributed by atoms with Gasteiger partial charge in [0.15, 0.2) is 0 Å². The molecule has 0 heterocycles. The molecule has 0 aliphatic carbocycles. The van der Waals surface area contributed by atoms with E-state index < -0.39 is 0 Å². The fourth-order valence-electron chi connectivity index (χ4n) is 0.920. The number of terminal acetylenes is 1. The van der Waals surface area contributed by atoms with Crippen molar-refractivity contribution < 1.29 is 0 Å². The van der Waals surface area contributed by atoms with Crippen molar-refractivity contribution in [2.75, 3.05) is 0 Å². The average molecular weight is 124 g/mol. The van der Waals surface area contributed by atoms with Crippen molar-refractivity contribution in [1.29, 1.82) is 0 Å². The number of rotatable bonds is 3. The Labute approximate surface area is 58.7 Å². The van der Waals surface area contributed by atoms with E-state index in [1.54, 1.807) is 0 Å². The van der Waals surface area contributed by atoms with Gasteiger partial charge in [-0.2, -0.15) is 0 Å². The monoisotopic (exact) mass is 124 g/mol. The van der Waals surface area contributed by atoms with Crippen molar-refractivity contribution in [3.05, 3.63) is 0 Å². The Balaban J connectivity index is 3.58. The van der Waals surface area contributed by atoms with Crippen LogP contribution in [0.25, 0.3) is 0 Å². The molecule has 0 aliphatic heterocycles. The van der Waals surface area contributed by atoms with Gasteiger partial charge in [-0.25, -0.2) is 0 Å². The summed E-state index contributed by atoms with van der Waals surface area (Å²) in [5.74, 6) is 3.95. The first-order chi connectivity index (χ1) is 4.22. The molecular formula is C9H16. The zero-order valence-corrected chi connectivity index (χ0v) is 6.65. The maximum atomic E-state index is 5.31. The highest BCUT2D eigenvalue weighted by atomic mass is 14.1. The molecule has 0 aliphatic rings. The molecule has 0 N–H and O–H groups in total. The van der Waals surface area contributed by atoms with E-state index in [0.717, 1.165) is 0 Å². The van der Waals surface area contributed by atoms with Crippen LogP contribution in [-0.2, 0) is 0 Å². The fourth-order valence-corrected chi connectivity index (χ4v) is 0.920. The minimum Gasteiger partial charge on any atom is -0.120 e. The summed E-state index contributed by atoms with van der Waals surface area (Å²) in [6.07, 6.45) is 7.69. The molecule has 0 amide bonds. The summed E-state index contributed by atoms with van der Waals surface area (Å²) >= 11 is 0. The highest BCUT2D eigenvalue weighted by Gasteiger charge is 2.06. The summed E-state index contributed by atoms with van der Waals surface area (Å²) in [7, 11) is 0. The minimum absolute atomic E-state index is 0.495. The van der Waals surface area contributed by atoms with Crippen LogP contribution < -0.4 is 0 Å². The van der Waals surface area contributed by atoms with E-state index in [4.69, 9.17) is 6.42 Å². The van der Waals surface area contributed by atoms with Crippen LogP contribution in [0.2, 0.25) is 0 Å². The Morgan fingerprint density at radius 1 is 1.44 bits per heavy atom. The molecule has 1 atom stereocenters. The van der Waals surface area contributed by atoms with E-state index in [1.807, 2.05) is 0 Å². The lowest BCUT2D eigenvalue weighted by Gasteiger charge is -2.11. The van der Waals surface area contributed by atoms with E-state index in [-0.39, 0.29) is 0 Å². The summed E-state index contributed by atoms with van der Waals surface area (Å²) in [5.41, 5.74) is 0. The minimum atomic E-state index is 0.495. The van der Waals surface area contributed by atoms with Gasteiger partial charge in [0.05, 0.1) is 0 Å². The lowest BCUT2D eigenvalue weighted by molar-refractivity contribution is 0.447. The van der Waals surface area contributed by atoms with Crippen LogP contribution >= 0.6 is 0 Å². The summed E-state index contributed by atoms with van der Waals surface area (Å²) in [6, 6.07) is 0. The predicted molar refractivity (Wildman–Crippen MR) is 42.1 cm³/mol. The summed E-state index contributed by atoms with van der Waals surface area (Å²) < 4.78 is 0. The molecule has 0 bridgehead atoms. The SMILES string of the molecule is C#CC(CCC)C(C)C. The number of hydrogen-bond acceptors (Lipinski definition) is 0. The Hall–Kier alpha value is -0.440. The van der Waals surface area contributed by atoms with Crippen LogP contribution in [-0.4, -0.2) is 0 Å². The molecule has 0 aromatic carbocycles. The van der Waals surface area contributed by atoms with Crippen LogP contribution in [0.5, 0.6) is 0 Å². The molecule has 0 spiro atoms. The third kappa shape index (κ3) is 3.19. The second-order valence-corrected chi connectivity index (χ2v) is 2.81. The largest absolute Gasteiger partial charge is 0.120 e. The van der Waals surface area contributed by atoms with Gasteiger partial charge in [-0.15, -0.1) is 12.3 Å². The molecule has 52 valence electrons. The zero-order valence-electron chi connectivity index (χ0n) is 6.65. The third-order valence-electron chi connectivity index (χ3n) is 1.62. The van der Waals surface area contributed by atoms with Crippen molar-refractivity contribution in [2.45, 2.75) is 33.6 Å². The van der Waals surface area contributed by atoms with E-state index in [0.29, 0.717) is 11.8 Å². The van der Waals surface area contributed by atoms with Crippen molar-refractivity contribution in [1.82, 2.24) is 0 Å². The van der Waals surface area contributed by atoms with Crippen LogP contribution in [0, 0.1) is 24.2 Å². The molecule has 9 heavy (non-hydrogen) atoms. The lowest BCUT2D eigenvalue weighted by Crippen LogP contribution is -2.04. The molecule has 0 aromatic heterocycles. The van der Waals surface area contributed by atoms with Gasteiger partial charge in [0.1, 0.15) is 0 Å². The molecule has 0 saturated carbocycles. The highest BCUT2D eigenvalue weighted by molar-refractivity contribution is 4.93.